The largest absolute Gasteiger partial charge is 0.508 e. The quantitative estimate of drug-likeness (QED) is 0.346. The van der Waals surface area contributed by atoms with Crippen LogP contribution in [0.4, 0.5) is 4.39 Å². The molecule has 1 heterocycles. The summed E-state index contributed by atoms with van der Waals surface area (Å²) in [6.45, 7) is 4.01. The minimum absolute atomic E-state index is 0.216. The SMILES string of the molecule is CCNC(=NCCc1ccc(OC)cc1O)NCCc1c[nH]c2cc(F)ccc12. The van der Waals surface area contributed by atoms with E-state index in [1.807, 2.05) is 25.3 Å². The van der Waals surface area contributed by atoms with Gasteiger partial charge in [0.25, 0.3) is 0 Å². The molecule has 1 aromatic heterocycles. The number of aliphatic imine (C=N–C) groups is 1. The van der Waals surface area contributed by atoms with Gasteiger partial charge in [-0.15, -0.1) is 0 Å². The Hall–Kier alpha value is -3.22. The van der Waals surface area contributed by atoms with Crippen LogP contribution in [0.1, 0.15) is 18.1 Å². The molecule has 0 aliphatic heterocycles. The lowest BCUT2D eigenvalue weighted by atomic mass is 10.1. The van der Waals surface area contributed by atoms with E-state index in [0.717, 1.165) is 41.0 Å². The molecule has 0 radical (unpaired) electrons. The number of fused-ring (bicyclic) bond motifs is 1. The summed E-state index contributed by atoms with van der Waals surface area (Å²) in [5, 5.41) is 17.6. The number of aromatic amines is 1. The molecule has 3 aromatic rings. The van der Waals surface area contributed by atoms with Crippen LogP contribution < -0.4 is 15.4 Å². The number of hydrogen-bond donors (Lipinski definition) is 4. The summed E-state index contributed by atoms with van der Waals surface area (Å²) in [5.74, 6) is 1.33. The van der Waals surface area contributed by atoms with Crippen LogP contribution in [0.3, 0.4) is 0 Å². The van der Waals surface area contributed by atoms with Crippen molar-refractivity contribution in [2.24, 2.45) is 4.99 Å². The van der Waals surface area contributed by atoms with Crippen molar-refractivity contribution >= 4 is 16.9 Å². The van der Waals surface area contributed by atoms with Gasteiger partial charge in [-0.2, -0.15) is 0 Å². The average molecular weight is 398 g/mol. The lowest BCUT2D eigenvalue weighted by molar-refractivity contribution is 0.406. The zero-order chi connectivity index (χ0) is 20.6. The molecule has 0 fully saturated rings. The van der Waals surface area contributed by atoms with Crippen LogP contribution in [-0.2, 0) is 12.8 Å². The number of phenolic OH excluding ortho intramolecular Hbond substituents is 1. The van der Waals surface area contributed by atoms with Crippen LogP contribution in [0.2, 0.25) is 0 Å². The normalized spacial score (nSPS) is 11.6. The molecule has 0 spiro atoms. The van der Waals surface area contributed by atoms with E-state index < -0.39 is 0 Å². The minimum Gasteiger partial charge on any atom is -0.508 e. The smallest absolute Gasteiger partial charge is 0.191 e. The molecule has 0 saturated carbocycles. The lowest BCUT2D eigenvalue weighted by Gasteiger charge is -2.11. The summed E-state index contributed by atoms with van der Waals surface area (Å²) >= 11 is 0. The second-order valence-electron chi connectivity index (χ2n) is 6.69. The Labute approximate surface area is 169 Å². The number of ether oxygens (including phenoxy) is 1. The number of aromatic hydroxyl groups is 1. The first-order valence-corrected chi connectivity index (χ1v) is 9.74. The fourth-order valence-electron chi connectivity index (χ4n) is 3.19. The van der Waals surface area contributed by atoms with Gasteiger partial charge >= 0.3 is 0 Å². The van der Waals surface area contributed by atoms with E-state index in [2.05, 4.69) is 20.6 Å². The van der Waals surface area contributed by atoms with E-state index in [9.17, 15) is 9.50 Å². The maximum absolute atomic E-state index is 13.3. The van der Waals surface area contributed by atoms with Gasteiger partial charge in [-0.25, -0.2) is 4.39 Å². The average Bonchev–Trinajstić information content (AvgIpc) is 3.11. The first-order valence-electron chi connectivity index (χ1n) is 9.74. The monoisotopic (exact) mass is 398 g/mol. The van der Waals surface area contributed by atoms with E-state index in [1.54, 1.807) is 19.2 Å². The second kappa shape index (κ2) is 9.82. The number of hydrogen-bond acceptors (Lipinski definition) is 3. The van der Waals surface area contributed by atoms with Crippen molar-refractivity contribution < 1.29 is 14.2 Å². The zero-order valence-corrected chi connectivity index (χ0v) is 16.8. The van der Waals surface area contributed by atoms with Gasteiger partial charge in [0.2, 0.25) is 0 Å². The molecule has 0 bridgehead atoms. The Morgan fingerprint density at radius 1 is 1.14 bits per heavy atom. The van der Waals surface area contributed by atoms with Crippen LogP contribution in [0, 0.1) is 5.82 Å². The fourth-order valence-corrected chi connectivity index (χ4v) is 3.19. The Balaban J connectivity index is 1.55. The number of benzene rings is 2. The van der Waals surface area contributed by atoms with Gasteiger partial charge in [0.15, 0.2) is 5.96 Å². The van der Waals surface area contributed by atoms with Crippen molar-refractivity contribution in [2.75, 3.05) is 26.7 Å². The molecule has 154 valence electrons. The lowest BCUT2D eigenvalue weighted by Crippen LogP contribution is -2.38. The first-order chi connectivity index (χ1) is 14.1. The third-order valence-electron chi connectivity index (χ3n) is 4.70. The molecule has 0 saturated heterocycles. The highest BCUT2D eigenvalue weighted by molar-refractivity contribution is 5.83. The van der Waals surface area contributed by atoms with E-state index >= 15 is 0 Å². The molecule has 29 heavy (non-hydrogen) atoms. The number of nitrogens with zero attached hydrogens (tertiary/aromatic N) is 1. The number of halogens is 1. The van der Waals surface area contributed by atoms with Gasteiger partial charge in [0, 0.05) is 42.8 Å². The third-order valence-corrected chi connectivity index (χ3v) is 4.70. The van der Waals surface area contributed by atoms with E-state index in [0.29, 0.717) is 25.3 Å². The fraction of sp³-hybridized carbons (Fsp3) is 0.318. The minimum atomic E-state index is -0.242. The number of guanidine groups is 1. The Morgan fingerprint density at radius 2 is 2.00 bits per heavy atom. The van der Waals surface area contributed by atoms with Crippen LogP contribution in [0.5, 0.6) is 11.5 Å². The molecule has 0 aliphatic carbocycles. The predicted octanol–water partition coefficient (Wildman–Crippen LogP) is 3.36. The molecule has 0 atom stereocenters. The van der Waals surface area contributed by atoms with Gasteiger partial charge in [-0.05, 0) is 55.2 Å². The molecule has 7 heteroatoms. The van der Waals surface area contributed by atoms with Crippen LogP contribution in [0.25, 0.3) is 10.9 Å². The van der Waals surface area contributed by atoms with Crippen molar-refractivity contribution in [1.29, 1.82) is 0 Å². The van der Waals surface area contributed by atoms with Crippen molar-refractivity contribution in [3.8, 4) is 11.5 Å². The van der Waals surface area contributed by atoms with Gasteiger partial charge in [-0.3, -0.25) is 4.99 Å². The highest BCUT2D eigenvalue weighted by Crippen LogP contribution is 2.23. The Kier molecular flexibility index (Phi) is 6.94. The summed E-state index contributed by atoms with van der Waals surface area (Å²) in [5.41, 5.74) is 2.77. The van der Waals surface area contributed by atoms with E-state index in [-0.39, 0.29) is 11.6 Å². The van der Waals surface area contributed by atoms with Crippen molar-refractivity contribution in [1.82, 2.24) is 15.6 Å². The van der Waals surface area contributed by atoms with Gasteiger partial charge in [-0.1, -0.05) is 6.07 Å². The van der Waals surface area contributed by atoms with Gasteiger partial charge < -0.3 is 25.5 Å². The van der Waals surface area contributed by atoms with Crippen LogP contribution in [-0.4, -0.2) is 42.8 Å². The number of nitrogens with one attached hydrogen (secondary N) is 3. The maximum atomic E-state index is 13.3. The molecular weight excluding hydrogens is 371 g/mol. The van der Waals surface area contributed by atoms with Crippen molar-refractivity contribution in [3.63, 3.8) is 0 Å². The molecule has 3 rings (SSSR count). The topological polar surface area (TPSA) is 81.7 Å². The molecule has 6 nitrogen and oxygen atoms in total. The number of phenols is 1. The van der Waals surface area contributed by atoms with E-state index in [1.165, 1.54) is 12.1 Å². The number of aromatic nitrogens is 1. The third kappa shape index (κ3) is 5.40. The molecule has 0 aliphatic rings. The summed E-state index contributed by atoms with van der Waals surface area (Å²) in [6.07, 6.45) is 3.33. The standard InChI is InChI=1S/C22H27FN4O2/c1-3-24-22(25-10-8-15-4-6-18(29-2)13-21(15)28)26-11-9-16-14-27-20-12-17(23)5-7-19(16)20/h4-7,12-14,27-28H,3,8-11H2,1-2H3,(H2,24,25,26). The second-order valence-corrected chi connectivity index (χ2v) is 6.69. The Morgan fingerprint density at radius 3 is 2.76 bits per heavy atom. The molecule has 2 aromatic carbocycles. The summed E-state index contributed by atoms with van der Waals surface area (Å²) in [4.78, 5) is 7.69. The molecule has 4 N–H and O–H groups in total. The molecule has 0 amide bonds. The van der Waals surface area contributed by atoms with Gasteiger partial charge in [0.05, 0.1) is 7.11 Å². The summed E-state index contributed by atoms with van der Waals surface area (Å²) in [7, 11) is 1.57. The number of methoxy groups -OCH3 is 1. The maximum Gasteiger partial charge on any atom is 0.191 e. The van der Waals surface area contributed by atoms with E-state index in [4.69, 9.17) is 4.74 Å². The number of H-pyrrole nitrogens is 1. The molecule has 0 unspecified atom stereocenters. The van der Waals surface area contributed by atoms with Crippen molar-refractivity contribution in [3.05, 3.63) is 59.5 Å². The number of rotatable bonds is 8. The highest BCUT2D eigenvalue weighted by atomic mass is 19.1. The first kappa shape index (κ1) is 20.5. The van der Waals surface area contributed by atoms with Crippen LogP contribution >= 0.6 is 0 Å². The van der Waals surface area contributed by atoms with Crippen LogP contribution in [0.15, 0.2) is 47.6 Å². The highest BCUT2D eigenvalue weighted by Gasteiger charge is 2.06. The summed E-state index contributed by atoms with van der Waals surface area (Å²) in [6, 6.07) is 10.1. The summed E-state index contributed by atoms with van der Waals surface area (Å²) < 4.78 is 18.4. The predicted molar refractivity (Wildman–Crippen MR) is 114 cm³/mol. The molecular formula is C22H27FN4O2. The van der Waals surface area contributed by atoms with Crippen molar-refractivity contribution in [2.45, 2.75) is 19.8 Å². The zero-order valence-electron chi connectivity index (χ0n) is 16.8. The Bertz CT molecular complexity index is 984. The van der Waals surface area contributed by atoms with Gasteiger partial charge in [0.1, 0.15) is 17.3 Å².